The van der Waals surface area contributed by atoms with Gasteiger partial charge in [-0.05, 0) is 19.1 Å². The van der Waals surface area contributed by atoms with Gasteiger partial charge in [-0.15, -0.1) is 0 Å². The maximum Gasteiger partial charge on any atom is 0.344 e. The molecule has 0 aromatic heterocycles. The van der Waals surface area contributed by atoms with Gasteiger partial charge in [-0.2, -0.15) is 0 Å². The number of carbonyl (C=O) groups excluding carboxylic acids is 2. The minimum atomic E-state index is -0.589. The van der Waals surface area contributed by atoms with Gasteiger partial charge in [0.2, 0.25) is 0 Å². The van der Waals surface area contributed by atoms with Gasteiger partial charge in [0.05, 0.1) is 18.6 Å². The molecule has 0 saturated heterocycles. The van der Waals surface area contributed by atoms with Crippen molar-refractivity contribution >= 4 is 29.4 Å². The van der Waals surface area contributed by atoms with Crippen molar-refractivity contribution in [2.45, 2.75) is 6.92 Å². The first-order valence-electron chi connectivity index (χ1n) is 6.35. The Labute approximate surface area is 133 Å². The molecule has 0 unspecified atom stereocenters. The number of aliphatic hydroxyl groups excluding tert-OH is 1. The van der Waals surface area contributed by atoms with E-state index in [2.05, 4.69) is 21.9 Å². The smallest absolute Gasteiger partial charge is 0.344 e. The van der Waals surface area contributed by atoms with E-state index in [1.165, 1.54) is 13.3 Å². The fourth-order valence-electron chi connectivity index (χ4n) is 1.37. The molecule has 0 atom stereocenters. The second-order valence-corrected chi connectivity index (χ2v) is 5.47. The van der Waals surface area contributed by atoms with Crippen LogP contribution in [0.5, 0.6) is 0 Å². The van der Waals surface area contributed by atoms with Crippen LogP contribution in [-0.2, 0) is 9.53 Å². The number of methoxy groups -OCH3 is 1. The first-order chi connectivity index (χ1) is 10.5. The fourth-order valence-corrected chi connectivity index (χ4v) is 2.04. The van der Waals surface area contributed by atoms with E-state index in [1.54, 1.807) is 12.1 Å². The second kappa shape index (κ2) is 8.91. The molecule has 0 spiro atoms. The lowest BCUT2D eigenvalue weighted by Gasteiger charge is -2.08. The van der Waals surface area contributed by atoms with Gasteiger partial charge in [-0.1, -0.05) is 36.0 Å². The number of ether oxygens (including phenoxy) is 1. The van der Waals surface area contributed by atoms with Crippen LogP contribution < -0.4 is 10.6 Å². The number of aryl methyl sites for hydroxylation is 1. The number of esters is 1. The molecule has 2 amide bonds. The molecule has 0 saturated carbocycles. The van der Waals surface area contributed by atoms with Crippen molar-refractivity contribution in [3.8, 4) is 0 Å². The molecule has 0 aliphatic heterocycles. The number of rotatable bonds is 6. The van der Waals surface area contributed by atoms with E-state index in [4.69, 9.17) is 0 Å². The monoisotopic (exact) mass is 322 g/mol. The quantitative estimate of drug-likeness (QED) is 0.553. The molecular weight excluding hydrogens is 304 g/mol. The van der Waals surface area contributed by atoms with Gasteiger partial charge in [-0.25, -0.2) is 9.59 Å². The maximum atomic E-state index is 11.7. The van der Waals surface area contributed by atoms with Gasteiger partial charge in [0.1, 0.15) is 0 Å². The van der Waals surface area contributed by atoms with E-state index in [1.807, 2.05) is 19.1 Å². The zero-order valence-electron chi connectivity index (χ0n) is 12.4. The number of anilines is 1. The van der Waals surface area contributed by atoms with E-state index in [0.29, 0.717) is 10.6 Å². The van der Waals surface area contributed by atoms with E-state index in [-0.39, 0.29) is 11.5 Å². The summed E-state index contributed by atoms with van der Waals surface area (Å²) in [5.74, 6) is -0.589. The Hall–Kier alpha value is -2.25. The predicted molar refractivity (Wildman–Crippen MR) is 87.2 cm³/mol. The van der Waals surface area contributed by atoms with E-state index in [0.717, 1.165) is 17.3 Å². The average Bonchev–Trinajstić information content (AvgIpc) is 2.52. The topological polar surface area (TPSA) is 87.7 Å². The van der Waals surface area contributed by atoms with Crippen LogP contribution >= 0.6 is 11.8 Å². The minimum Gasteiger partial charge on any atom is -0.465 e. The third-order valence-electron chi connectivity index (χ3n) is 2.50. The first kappa shape index (κ1) is 17.8. The zero-order chi connectivity index (χ0) is 16.5. The van der Waals surface area contributed by atoms with Crippen molar-refractivity contribution in [3.63, 3.8) is 0 Å². The molecule has 3 N–H and O–H groups in total. The van der Waals surface area contributed by atoms with Crippen molar-refractivity contribution in [1.82, 2.24) is 5.32 Å². The number of aliphatic hydroxyl groups is 1. The molecule has 1 aromatic rings. The van der Waals surface area contributed by atoms with E-state index < -0.39 is 12.0 Å². The molecule has 0 bridgehead atoms. The van der Waals surface area contributed by atoms with E-state index in [9.17, 15) is 14.7 Å². The minimum absolute atomic E-state index is 0.114. The van der Waals surface area contributed by atoms with Crippen LogP contribution in [0.1, 0.15) is 5.56 Å². The van der Waals surface area contributed by atoms with Crippen molar-refractivity contribution in [2.24, 2.45) is 0 Å². The summed E-state index contributed by atoms with van der Waals surface area (Å²) in [4.78, 5) is 23.4. The summed E-state index contributed by atoms with van der Waals surface area (Å²) in [7, 11) is 1.24. The highest BCUT2D eigenvalue weighted by molar-refractivity contribution is 8.07. The van der Waals surface area contributed by atoms with E-state index >= 15 is 0 Å². The lowest BCUT2D eigenvalue weighted by atomic mass is 10.2. The summed E-state index contributed by atoms with van der Waals surface area (Å²) >= 11 is 0.927. The van der Waals surface area contributed by atoms with Crippen LogP contribution in [0.2, 0.25) is 0 Å². The lowest BCUT2D eigenvalue weighted by Crippen LogP contribution is -2.24. The predicted octanol–water partition coefficient (Wildman–Crippen LogP) is 2.37. The SMILES string of the molecule is C=C(S/C(=C\NC(=O)Nc1ccc(C)cc1)CO)C(=O)OC. The number of amides is 2. The Morgan fingerprint density at radius 2 is 2.00 bits per heavy atom. The van der Waals surface area contributed by atoms with Crippen LogP contribution in [0.15, 0.2) is 46.9 Å². The van der Waals surface area contributed by atoms with Crippen molar-refractivity contribution in [1.29, 1.82) is 0 Å². The van der Waals surface area contributed by atoms with Gasteiger partial charge >= 0.3 is 12.0 Å². The van der Waals surface area contributed by atoms with Gasteiger partial charge in [0.15, 0.2) is 0 Å². The fraction of sp³-hybridized carbons (Fsp3) is 0.200. The number of nitrogens with one attached hydrogen (secondary N) is 2. The molecule has 0 aliphatic carbocycles. The molecule has 0 radical (unpaired) electrons. The van der Waals surface area contributed by atoms with Gasteiger partial charge in [-0.3, -0.25) is 0 Å². The van der Waals surface area contributed by atoms with Crippen LogP contribution in [0.3, 0.4) is 0 Å². The first-order valence-corrected chi connectivity index (χ1v) is 7.17. The summed E-state index contributed by atoms with van der Waals surface area (Å²) in [5.41, 5.74) is 1.74. The Morgan fingerprint density at radius 1 is 1.36 bits per heavy atom. The molecule has 6 nitrogen and oxygen atoms in total. The number of carbonyl (C=O) groups is 2. The standard InChI is InChI=1S/C15H18N2O4S/c1-10-4-6-12(7-5-10)17-15(20)16-8-13(9-18)22-11(2)14(19)21-3/h4-8,18H,2,9H2,1,3H3,(H2,16,17,20)/b13-8-. The summed E-state index contributed by atoms with van der Waals surface area (Å²) in [6.07, 6.45) is 1.31. The Bertz CT molecular complexity index is 582. The van der Waals surface area contributed by atoms with Crippen molar-refractivity contribution in [3.05, 3.63) is 52.4 Å². The van der Waals surface area contributed by atoms with Crippen LogP contribution in [0.25, 0.3) is 0 Å². The highest BCUT2D eigenvalue weighted by Crippen LogP contribution is 2.23. The highest BCUT2D eigenvalue weighted by atomic mass is 32.2. The van der Waals surface area contributed by atoms with Crippen molar-refractivity contribution < 1.29 is 19.4 Å². The number of hydrogen-bond acceptors (Lipinski definition) is 5. The summed E-state index contributed by atoms with van der Waals surface area (Å²) in [5, 5.41) is 14.3. The molecule has 0 fully saturated rings. The normalized spacial score (nSPS) is 10.8. The van der Waals surface area contributed by atoms with Crippen LogP contribution in [0, 0.1) is 6.92 Å². The molecule has 118 valence electrons. The third kappa shape index (κ3) is 6.02. The average molecular weight is 322 g/mol. The largest absolute Gasteiger partial charge is 0.465 e. The Morgan fingerprint density at radius 3 is 2.55 bits per heavy atom. The number of hydrogen-bond donors (Lipinski definition) is 3. The summed E-state index contributed by atoms with van der Waals surface area (Å²) in [6.45, 7) is 5.13. The van der Waals surface area contributed by atoms with Gasteiger partial charge in [0, 0.05) is 16.8 Å². The molecule has 1 aromatic carbocycles. The maximum absolute atomic E-state index is 11.7. The molecule has 1 rings (SSSR count). The number of benzene rings is 1. The molecule has 0 heterocycles. The molecule has 0 aliphatic rings. The molecular formula is C15H18N2O4S. The Balaban J connectivity index is 2.56. The second-order valence-electron chi connectivity index (χ2n) is 4.25. The summed E-state index contributed by atoms with van der Waals surface area (Å²) in [6, 6.07) is 6.85. The zero-order valence-corrected chi connectivity index (χ0v) is 13.2. The van der Waals surface area contributed by atoms with Gasteiger partial charge in [0.25, 0.3) is 0 Å². The lowest BCUT2D eigenvalue weighted by molar-refractivity contribution is -0.135. The van der Waals surface area contributed by atoms with Gasteiger partial charge < -0.3 is 20.5 Å². The van der Waals surface area contributed by atoms with Crippen LogP contribution in [0.4, 0.5) is 10.5 Å². The Kier molecular flexibility index (Phi) is 7.21. The molecule has 22 heavy (non-hydrogen) atoms. The number of thioether (sulfide) groups is 1. The molecule has 7 heteroatoms. The van der Waals surface area contributed by atoms with Crippen molar-refractivity contribution in [2.75, 3.05) is 19.0 Å². The third-order valence-corrected chi connectivity index (χ3v) is 3.42. The number of urea groups is 1. The van der Waals surface area contributed by atoms with Crippen LogP contribution in [-0.4, -0.2) is 30.8 Å². The highest BCUT2D eigenvalue weighted by Gasteiger charge is 2.10. The summed E-state index contributed by atoms with van der Waals surface area (Å²) < 4.78 is 4.50.